The predicted octanol–water partition coefficient (Wildman–Crippen LogP) is 6.94. The topological polar surface area (TPSA) is 153 Å². The number of nitrogen functional groups attached to an aromatic ring is 3. The molecule has 4 aromatic carbocycles. The summed E-state index contributed by atoms with van der Waals surface area (Å²) in [5.74, 6) is 0.542. The van der Waals surface area contributed by atoms with Crippen LogP contribution in [0.5, 0.6) is 5.75 Å². The highest BCUT2D eigenvalue weighted by molar-refractivity contribution is 7.20. The molecule has 0 aliphatic rings. The van der Waals surface area contributed by atoms with Gasteiger partial charge in [0.25, 0.3) is 0 Å². The fourth-order valence-corrected chi connectivity index (χ4v) is 5.06. The monoisotopic (exact) mass is 563 g/mol. The second-order valence-corrected chi connectivity index (χ2v) is 11.4. The van der Waals surface area contributed by atoms with E-state index >= 15 is 0 Å². The number of fused-ring (bicyclic) bond motifs is 2. The Kier molecular flexibility index (Phi) is 8.45. The molecule has 0 fully saturated rings. The Bertz CT molecular complexity index is 1810. The summed E-state index contributed by atoms with van der Waals surface area (Å²) in [5, 5.41) is 26.1. The molecule has 0 aliphatic carbocycles. The summed E-state index contributed by atoms with van der Waals surface area (Å²) in [6, 6.07) is 29.2. The first-order valence-corrected chi connectivity index (χ1v) is 13.7. The summed E-state index contributed by atoms with van der Waals surface area (Å²) in [4.78, 5) is 4.54. The van der Waals surface area contributed by atoms with E-state index in [1.54, 1.807) is 4.68 Å². The van der Waals surface area contributed by atoms with Gasteiger partial charge in [0.1, 0.15) is 23.2 Å². The van der Waals surface area contributed by atoms with Gasteiger partial charge in [0.15, 0.2) is 0 Å². The number of nitrogens with two attached hydrogens (primary N) is 3. The van der Waals surface area contributed by atoms with Crippen LogP contribution in [-0.4, -0.2) is 19.9 Å². The molecule has 41 heavy (non-hydrogen) atoms. The van der Waals surface area contributed by atoms with Crippen LogP contribution in [0.3, 0.4) is 0 Å². The first-order chi connectivity index (χ1) is 19.5. The molecule has 0 bridgehead atoms. The van der Waals surface area contributed by atoms with Crippen molar-refractivity contribution in [3.63, 3.8) is 0 Å². The van der Waals surface area contributed by atoms with Gasteiger partial charge in [-0.15, -0.1) is 0 Å². The van der Waals surface area contributed by atoms with Crippen LogP contribution in [0.2, 0.25) is 0 Å². The standard InChI is InChI=1S/C15H15N5S.C11H11NO.C6H7N/c1-15(2,3)12-9(8-16)13(17)20(19-12)14-18-10-6-4-5-7-11(10)21-14;1-7-6-8-4-2-3-5-9(8)10(12)11(7)13;7-6-4-2-1-3-5-6/h4-7H,17H2,1-3H3;2-6,13H,12H2,1H3;1-5H,7H2. The lowest BCUT2D eigenvalue weighted by molar-refractivity contribution is 0.474. The molecule has 8 nitrogen and oxygen atoms in total. The van der Waals surface area contributed by atoms with Crippen molar-refractivity contribution in [2.24, 2.45) is 0 Å². The molecule has 0 spiro atoms. The Morgan fingerprint density at radius 1 is 0.902 bits per heavy atom. The van der Waals surface area contributed by atoms with E-state index < -0.39 is 0 Å². The SMILES string of the molecule is CC(C)(C)c1nn(-c2nc3ccccc3s2)c(N)c1C#N.Cc1cc2ccccc2c(N)c1O.Nc1ccccc1. The Morgan fingerprint density at radius 2 is 1.54 bits per heavy atom. The minimum atomic E-state index is -0.249. The molecule has 0 amide bonds. The van der Waals surface area contributed by atoms with Gasteiger partial charge in [0.05, 0.1) is 21.6 Å². The summed E-state index contributed by atoms with van der Waals surface area (Å²) in [5.41, 5.74) is 21.1. The minimum absolute atomic E-state index is 0.193. The third-order valence-electron chi connectivity index (χ3n) is 6.26. The van der Waals surface area contributed by atoms with E-state index in [2.05, 4.69) is 16.2 Å². The van der Waals surface area contributed by atoms with Crippen molar-refractivity contribution in [1.29, 1.82) is 5.26 Å². The average Bonchev–Trinajstić information content (AvgIpc) is 3.53. The van der Waals surface area contributed by atoms with Gasteiger partial charge in [0, 0.05) is 16.5 Å². The maximum atomic E-state index is 9.58. The quantitative estimate of drug-likeness (QED) is 0.125. The number of hydrogen-bond acceptors (Lipinski definition) is 8. The van der Waals surface area contributed by atoms with Crippen LogP contribution in [0.4, 0.5) is 17.2 Å². The van der Waals surface area contributed by atoms with Crippen molar-refractivity contribution >= 4 is 49.5 Å². The molecule has 6 aromatic rings. The van der Waals surface area contributed by atoms with Gasteiger partial charge in [-0.2, -0.15) is 15.0 Å². The lowest BCUT2D eigenvalue weighted by Crippen LogP contribution is -2.14. The number of aromatic nitrogens is 3. The highest BCUT2D eigenvalue weighted by Crippen LogP contribution is 2.33. The second kappa shape index (κ2) is 12.0. The molecule has 0 unspecified atom stereocenters. The number of benzene rings is 4. The maximum Gasteiger partial charge on any atom is 0.213 e. The number of aryl methyl sites for hydroxylation is 1. The number of phenols is 1. The number of para-hydroxylation sites is 2. The summed E-state index contributed by atoms with van der Waals surface area (Å²) in [7, 11) is 0. The van der Waals surface area contributed by atoms with Crippen molar-refractivity contribution in [2.75, 3.05) is 17.2 Å². The van der Waals surface area contributed by atoms with Crippen LogP contribution in [0.1, 0.15) is 37.6 Å². The molecule has 0 aliphatic heterocycles. The van der Waals surface area contributed by atoms with Gasteiger partial charge in [-0.05, 0) is 48.2 Å². The highest BCUT2D eigenvalue weighted by Gasteiger charge is 2.27. The zero-order valence-corrected chi connectivity index (χ0v) is 24.3. The van der Waals surface area contributed by atoms with Gasteiger partial charge in [-0.25, -0.2) is 4.98 Å². The highest BCUT2D eigenvalue weighted by atomic mass is 32.1. The molecular formula is C32H33N7OS. The molecule has 0 saturated carbocycles. The van der Waals surface area contributed by atoms with Crippen LogP contribution in [0.25, 0.3) is 26.1 Å². The van der Waals surface area contributed by atoms with Gasteiger partial charge >= 0.3 is 0 Å². The molecule has 0 atom stereocenters. The number of phenolic OH excluding ortho intramolecular Hbond substituents is 1. The molecule has 7 N–H and O–H groups in total. The first-order valence-electron chi connectivity index (χ1n) is 12.9. The summed E-state index contributed by atoms with van der Waals surface area (Å²) in [6.07, 6.45) is 0. The number of rotatable bonds is 1. The number of anilines is 3. The van der Waals surface area contributed by atoms with Gasteiger partial charge < -0.3 is 22.3 Å². The molecule has 0 saturated heterocycles. The number of hydrogen-bond donors (Lipinski definition) is 4. The second-order valence-electron chi connectivity index (χ2n) is 10.4. The number of thiazole rings is 1. The molecule has 2 heterocycles. The van der Waals surface area contributed by atoms with Crippen molar-refractivity contribution < 1.29 is 5.11 Å². The molecular weight excluding hydrogens is 530 g/mol. The van der Waals surface area contributed by atoms with Crippen molar-refractivity contribution in [3.8, 4) is 17.0 Å². The van der Waals surface area contributed by atoms with Crippen LogP contribution in [0, 0.1) is 18.3 Å². The Hall–Kier alpha value is -5.07. The Labute approximate surface area is 243 Å². The third kappa shape index (κ3) is 6.40. The van der Waals surface area contributed by atoms with E-state index in [0.717, 1.165) is 32.2 Å². The van der Waals surface area contributed by atoms with Gasteiger partial charge in [-0.1, -0.05) is 86.7 Å². The summed E-state index contributed by atoms with van der Waals surface area (Å²) >= 11 is 1.51. The molecule has 208 valence electrons. The van der Waals surface area contributed by atoms with Crippen molar-refractivity contribution in [3.05, 3.63) is 102 Å². The van der Waals surface area contributed by atoms with E-state index in [0.29, 0.717) is 27.9 Å². The lowest BCUT2D eigenvalue weighted by atomic mass is 9.90. The predicted molar refractivity (Wildman–Crippen MR) is 170 cm³/mol. The van der Waals surface area contributed by atoms with Gasteiger partial charge in [0.2, 0.25) is 5.13 Å². The molecule has 2 aromatic heterocycles. The van der Waals surface area contributed by atoms with Crippen molar-refractivity contribution in [2.45, 2.75) is 33.1 Å². The average molecular weight is 564 g/mol. The lowest BCUT2D eigenvalue weighted by Gasteiger charge is -2.14. The Morgan fingerprint density at radius 3 is 2.12 bits per heavy atom. The Balaban J connectivity index is 0.000000163. The molecule has 6 rings (SSSR count). The van der Waals surface area contributed by atoms with Crippen LogP contribution < -0.4 is 17.2 Å². The fourth-order valence-electron chi connectivity index (χ4n) is 4.13. The van der Waals surface area contributed by atoms with E-state index in [1.165, 1.54) is 11.3 Å². The van der Waals surface area contributed by atoms with Crippen LogP contribution >= 0.6 is 11.3 Å². The first kappa shape index (κ1) is 28.9. The van der Waals surface area contributed by atoms with E-state index in [-0.39, 0.29) is 11.2 Å². The van der Waals surface area contributed by atoms with Gasteiger partial charge in [-0.3, -0.25) is 0 Å². The number of nitrogens with zero attached hydrogens (tertiary/aromatic N) is 4. The van der Waals surface area contributed by atoms with Crippen LogP contribution in [0.15, 0.2) is 84.9 Å². The zero-order chi connectivity index (χ0) is 29.7. The number of aromatic hydroxyl groups is 1. The minimum Gasteiger partial charge on any atom is -0.505 e. The van der Waals surface area contributed by atoms with E-state index in [4.69, 9.17) is 17.2 Å². The van der Waals surface area contributed by atoms with E-state index in [1.807, 2.05) is 113 Å². The molecule has 0 radical (unpaired) electrons. The van der Waals surface area contributed by atoms with E-state index in [9.17, 15) is 10.4 Å². The number of nitriles is 1. The fraction of sp³-hybridized carbons (Fsp3) is 0.156. The largest absolute Gasteiger partial charge is 0.505 e. The third-order valence-corrected chi connectivity index (χ3v) is 7.27. The summed E-state index contributed by atoms with van der Waals surface area (Å²) in [6.45, 7) is 7.88. The normalized spacial score (nSPS) is 10.8. The van der Waals surface area contributed by atoms with Crippen molar-refractivity contribution in [1.82, 2.24) is 14.8 Å². The summed E-state index contributed by atoms with van der Waals surface area (Å²) < 4.78 is 2.64. The zero-order valence-electron chi connectivity index (χ0n) is 23.5. The molecule has 9 heteroatoms. The smallest absolute Gasteiger partial charge is 0.213 e. The van der Waals surface area contributed by atoms with Crippen LogP contribution in [-0.2, 0) is 5.41 Å². The maximum absolute atomic E-state index is 9.58.